The molecular formula is C24H28O4. The van der Waals surface area contributed by atoms with Crippen LogP contribution in [0.1, 0.15) is 39.2 Å². The molecule has 1 aromatic carbocycles. The third-order valence-electron chi connectivity index (χ3n) is 5.09. The first-order chi connectivity index (χ1) is 13.3. The molecule has 0 spiro atoms. The molecular weight excluding hydrogens is 352 g/mol. The van der Waals surface area contributed by atoms with E-state index >= 15 is 0 Å². The Morgan fingerprint density at radius 3 is 2.68 bits per heavy atom. The van der Waals surface area contributed by atoms with Crippen molar-refractivity contribution in [1.82, 2.24) is 0 Å². The molecule has 28 heavy (non-hydrogen) atoms. The Labute approximate surface area is 166 Å². The van der Waals surface area contributed by atoms with Gasteiger partial charge in [0, 0.05) is 11.6 Å². The van der Waals surface area contributed by atoms with Crippen LogP contribution in [0.15, 0.2) is 71.6 Å². The number of allylic oxidation sites excluding steroid dienone is 5. The van der Waals surface area contributed by atoms with Gasteiger partial charge in [-0.3, -0.25) is 0 Å². The van der Waals surface area contributed by atoms with E-state index in [-0.39, 0.29) is 34.9 Å². The lowest BCUT2D eigenvalue weighted by Crippen LogP contribution is -2.40. The third kappa shape index (κ3) is 4.76. The molecule has 3 N–H and O–H groups in total. The molecule has 0 aromatic heterocycles. The fourth-order valence-electron chi connectivity index (χ4n) is 3.50. The topological polar surface area (TPSA) is 69.9 Å². The second-order valence-corrected chi connectivity index (χ2v) is 7.91. The lowest BCUT2D eigenvalue weighted by molar-refractivity contribution is -0.0621. The third-order valence-corrected chi connectivity index (χ3v) is 5.09. The number of benzene rings is 1. The van der Waals surface area contributed by atoms with Crippen molar-refractivity contribution >= 4 is 6.08 Å². The predicted octanol–water partition coefficient (Wildman–Crippen LogP) is 5.57. The van der Waals surface area contributed by atoms with Crippen molar-refractivity contribution in [2.24, 2.45) is 5.92 Å². The molecule has 0 saturated carbocycles. The minimum Gasteiger partial charge on any atom is -0.512 e. The lowest BCUT2D eigenvalue weighted by Gasteiger charge is -2.39. The number of ether oxygens (including phenoxy) is 1. The molecule has 1 aromatic rings. The van der Waals surface area contributed by atoms with Crippen molar-refractivity contribution in [3.63, 3.8) is 0 Å². The Morgan fingerprint density at radius 2 is 1.96 bits per heavy atom. The number of hydrogen-bond acceptors (Lipinski definition) is 4. The van der Waals surface area contributed by atoms with Gasteiger partial charge in [-0.2, -0.15) is 0 Å². The molecule has 0 saturated heterocycles. The van der Waals surface area contributed by atoms with Gasteiger partial charge >= 0.3 is 0 Å². The Hall–Kier alpha value is -2.72. The second kappa shape index (κ2) is 8.11. The van der Waals surface area contributed by atoms with Gasteiger partial charge in [0.2, 0.25) is 0 Å². The Balaban J connectivity index is 1.77. The summed E-state index contributed by atoms with van der Waals surface area (Å²) in [7, 11) is 0. The molecule has 3 unspecified atom stereocenters. The summed E-state index contributed by atoms with van der Waals surface area (Å²) in [6, 6.07) is 4.45. The SMILES string of the molecule is CC(C)=CCCC1(C)C=CC2C(O)=CC(/C=C/c3ccc(O)cc3O)=CC2O1. The fraction of sp³-hybridized carbons (Fsp3) is 0.333. The van der Waals surface area contributed by atoms with Crippen LogP contribution in [0.5, 0.6) is 11.5 Å². The van der Waals surface area contributed by atoms with Gasteiger partial charge in [0.25, 0.3) is 0 Å². The molecule has 2 aliphatic rings. The first kappa shape index (κ1) is 20.0. The van der Waals surface area contributed by atoms with Crippen LogP contribution in [0.4, 0.5) is 0 Å². The maximum Gasteiger partial charge on any atom is 0.126 e. The van der Waals surface area contributed by atoms with Crippen LogP contribution >= 0.6 is 0 Å². The van der Waals surface area contributed by atoms with Crippen molar-refractivity contribution in [2.45, 2.75) is 45.3 Å². The van der Waals surface area contributed by atoms with Gasteiger partial charge in [-0.25, -0.2) is 0 Å². The fourth-order valence-corrected chi connectivity index (χ4v) is 3.50. The summed E-state index contributed by atoms with van der Waals surface area (Å²) in [5.74, 6) is 0.115. The zero-order valence-corrected chi connectivity index (χ0v) is 16.6. The van der Waals surface area contributed by atoms with Crippen molar-refractivity contribution in [3.8, 4) is 11.5 Å². The van der Waals surface area contributed by atoms with Crippen LogP contribution in [0.2, 0.25) is 0 Å². The summed E-state index contributed by atoms with van der Waals surface area (Å²) in [5.41, 5.74) is 2.33. The molecule has 4 heteroatoms. The molecule has 0 radical (unpaired) electrons. The molecule has 0 bridgehead atoms. The van der Waals surface area contributed by atoms with E-state index in [1.165, 1.54) is 17.7 Å². The Kier molecular flexibility index (Phi) is 5.80. The van der Waals surface area contributed by atoms with Crippen LogP contribution < -0.4 is 0 Å². The summed E-state index contributed by atoms with van der Waals surface area (Å²) in [4.78, 5) is 0. The standard InChI is InChI=1S/C24H28O4/c1-16(2)5-4-11-24(3)12-10-20-22(27)13-17(14-23(20)28-24)6-7-18-8-9-19(25)15-21(18)26/h5-10,12-15,20,23,25-27H,4,11H2,1-3H3/b7-6+. The number of fused-ring (bicyclic) bond motifs is 1. The first-order valence-corrected chi connectivity index (χ1v) is 9.59. The van der Waals surface area contributed by atoms with Crippen LogP contribution in [0.3, 0.4) is 0 Å². The maximum absolute atomic E-state index is 10.4. The van der Waals surface area contributed by atoms with Crippen LogP contribution in [-0.4, -0.2) is 27.0 Å². The number of phenols is 2. The van der Waals surface area contributed by atoms with Gasteiger partial charge in [-0.05, 0) is 63.5 Å². The van der Waals surface area contributed by atoms with Crippen LogP contribution in [-0.2, 0) is 4.74 Å². The first-order valence-electron chi connectivity index (χ1n) is 9.59. The van der Waals surface area contributed by atoms with E-state index in [4.69, 9.17) is 4.74 Å². The maximum atomic E-state index is 10.4. The number of rotatable bonds is 5. The van der Waals surface area contributed by atoms with E-state index in [2.05, 4.69) is 32.9 Å². The zero-order valence-electron chi connectivity index (χ0n) is 16.6. The van der Waals surface area contributed by atoms with E-state index in [0.717, 1.165) is 18.4 Å². The van der Waals surface area contributed by atoms with E-state index < -0.39 is 0 Å². The summed E-state index contributed by atoms with van der Waals surface area (Å²) >= 11 is 0. The highest BCUT2D eigenvalue weighted by molar-refractivity contribution is 5.62. The minimum absolute atomic E-state index is 0.00225. The molecule has 0 fully saturated rings. The van der Waals surface area contributed by atoms with Gasteiger partial charge < -0.3 is 20.1 Å². The number of hydrogen-bond donors (Lipinski definition) is 3. The van der Waals surface area contributed by atoms with Crippen molar-refractivity contribution in [3.05, 3.63) is 77.1 Å². The Bertz CT molecular complexity index is 884. The second-order valence-electron chi connectivity index (χ2n) is 7.91. The van der Waals surface area contributed by atoms with Gasteiger partial charge in [0.15, 0.2) is 0 Å². The molecule has 1 aliphatic carbocycles. The highest BCUT2D eigenvalue weighted by Gasteiger charge is 2.36. The molecule has 4 nitrogen and oxygen atoms in total. The normalized spacial score (nSPS) is 26.5. The van der Waals surface area contributed by atoms with Gasteiger partial charge in [0.05, 0.1) is 17.6 Å². The molecule has 1 heterocycles. The molecule has 3 rings (SSSR count). The monoisotopic (exact) mass is 380 g/mol. The highest BCUT2D eigenvalue weighted by Crippen LogP contribution is 2.37. The van der Waals surface area contributed by atoms with Gasteiger partial charge in [-0.1, -0.05) is 36.0 Å². The number of aliphatic hydroxyl groups is 1. The molecule has 148 valence electrons. The average molecular weight is 380 g/mol. The summed E-state index contributed by atoms with van der Waals surface area (Å²) in [5, 5.41) is 29.8. The van der Waals surface area contributed by atoms with Crippen LogP contribution in [0, 0.1) is 5.92 Å². The number of aliphatic hydroxyl groups excluding tert-OH is 1. The van der Waals surface area contributed by atoms with Crippen LogP contribution in [0.25, 0.3) is 6.08 Å². The van der Waals surface area contributed by atoms with E-state index in [1.807, 2.05) is 18.2 Å². The smallest absolute Gasteiger partial charge is 0.126 e. The van der Waals surface area contributed by atoms with Crippen molar-refractivity contribution in [2.75, 3.05) is 0 Å². The largest absolute Gasteiger partial charge is 0.512 e. The van der Waals surface area contributed by atoms with Gasteiger partial charge in [0.1, 0.15) is 17.3 Å². The summed E-state index contributed by atoms with van der Waals surface area (Å²) in [6.45, 7) is 6.26. The Morgan fingerprint density at radius 1 is 1.18 bits per heavy atom. The quantitative estimate of drug-likeness (QED) is 0.584. The zero-order chi connectivity index (χ0) is 20.3. The number of aromatic hydroxyl groups is 2. The minimum atomic E-state index is -0.370. The van der Waals surface area contributed by atoms with Crippen molar-refractivity contribution in [1.29, 1.82) is 0 Å². The summed E-state index contributed by atoms with van der Waals surface area (Å²) in [6.07, 6.45) is 15.2. The number of phenolic OH excluding ortho intramolecular Hbond substituents is 2. The molecule has 0 amide bonds. The summed E-state index contributed by atoms with van der Waals surface area (Å²) < 4.78 is 6.34. The van der Waals surface area contributed by atoms with Gasteiger partial charge in [-0.15, -0.1) is 0 Å². The highest BCUT2D eigenvalue weighted by atomic mass is 16.5. The van der Waals surface area contributed by atoms with E-state index in [9.17, 15) is 15.3 Å². The van der Waals surface area contributed by atoms with E-state index in [0.29, 0.717) is 5.56 Å². The van der Waals surface area contributed by atoms with E-state index in [1.54, 1.807) is 18.2 Å². The molecule has 1 aliphatic heterocycles. The van der Waals surface area contributed by atoms with Crippen molar-refractivity contribution < 1.29 is 20.1 Å². The lowest BCUT2D eigenvalue weighted by atomic mass is 9.85. The predicted molar refractivity (Wildman–Crippen MR) is 112 cm³/mol. The average Bonchev–Trinajstić information content (AvgIpc) is 2.60. The molecule has 3 atom stereocenters.